The lowest BCUT2D eigenvalue weighted by molar-refractivity contribution is -0.140. The molecule has 1 atom stereocenters. The number of hydrogen-bond acceptors (Lipinski definition) is 5. The minimum absolute atomic E-state index is 0.00864. The molecule has 2 aliphatic heterocycles. The van der Waals surface area contributed by atoms with Crippen molar-refractivity contribution in [2.45, 2.75) is 26.2 Å². The average Bonchev–Trinajstić information content (AvgIpc) is 3.01. The van der Waals surface area contributed by atoms with E-state index in [1.165, 1.54) is 5.56 Å². The molecule has 7 heteroatoms. The molecule has 136 valence electrons. The molecule has 0 bridgehead atoms. The number of piperidine rings is 1. The monoisotopic (exact) mass is 348 g/mol. The number of benzene rings is 1. The van der Waals surface area contributed by atoms with Crippen molar-refractivity contribution in [2.75, 3.05) is 33.1 Å². The lowest BCUT2D eigenvalue weighted by Gasteiger charge is -2.40. The SMILES string of the molecule is C[C@@]1(Cc2ccc3c(c2)OCO3)CCCN(C(=O)COCC(N)=O)C1. The molecular weight excluding hydrogens is 324 g/mol. The van der Waals surface area contributed by atoms with E-state index in [1.54, 1.807) is 0 Å². The first-order chi connectivity index (χ1) is 12.0. The molecule has 1 aromatic carbocycles. The van der Waals surface area contributed by atoms with Crippen LogP contribution in [0.4, 0.5) is 0 Å². The van der Waals surface area contributed by atoms with Gasteiger partial charge in [0.25, 0.3) is 0 Å². The number of amides is 2. The van der Waals surface area contributed by atoms with Crippen LogP contribution in [0.15, 0.2) is 18.2 Å². The van der Waals surface area contributed by atoms with Gasteiger partial charge in [0.1, 0.15) is 13.2 Å². The largest absolute Gasteiger partial charge is 0.454 e. The number of carbonyl (C=O) groups is 2. The molecule has 0 aromatic heterocycles. The fraction of sp³-hybridized carbons (Fsp3) is 0.556. The second-order valence-electron chi connectivity index (χ2n) is 7.05. The molecule has 2 N–H and O–H groups in total. The zero-order valence-corrected chi connectivity index (χ0v) is 14.5. The van der Waals surface area contributed by atoms with Gasteiger partial charge in [-0.2, -0.15) is 0 Å². The number of nitrogens with two attached hydrogens (primary N) is 1. The molecule has 2 aliphatic rings. The minimum atomic E-state index is -0.570. The Labute approximate surface area is 147 Å². The van der Waals surface area contributed by atoms with Gasteiger partial charge in [0, 0.05) is 13.1 Å². The van der Waals surface area contributed by atoms with Gasteiger partial charge < -0.3 is 24.8 Å². The highest BCUT2D eigenvalue weighted by Gasteiger charge is 2.33. The third-order valence-electron chi connectivity index (χ3n) is 4.67. The van der Waals surface area contributed by atoms with Crippen LogP contribution in [0.5, 0.6) is 11.5 Å². The van der Waals surface area contributed by atoms with E-state index >= 15 is 0 Å². The third kappa shape index (κ3) is 4.42. The van der Waals surface area contributed by atoms with E-state index in [1.807, 2.05) is 17.0 Å². The van der Waals surface area contributed by atoms with E-state index in [0.717, 1.165) is 37.3 Å². The van der Waals surface area contributed by atoms with Crippen LogP contribution in [0.2, 0.25) is 0 Å². The van der Waals surface area contributed by atoms with Crippen LogP contribution < -0.4 is 15.2 Å². The summed E-state index contributed by atoms with van der Waals surface area (Å²) < 4.78 is 15.8. The van der Waals surface area contributed by atoms with Crippen LogP contribution >= 0.6 is 0 Å². The Morgan fingerprint density at radius 3 is 2.88 bits per heavy atom. The number of rotatable bonds is 6. The smallest absolute Gasteiger partial charge is 0.248 e. The van der Waals surface area contributed by atoms with E-state index in [2.05, 4.69) is 13.0 Å². The summed E-state index contributed by atoms with van der Waals surface area (Å²) in [6, 6.07) is 6.00. The zero-order chi connectivity index (χ0) is 17.9. The van der Waals surface area contributed by atoms with Gasteiger partial charge in [-0.25, -0.2) is 0 Å². The van der Waals surface area contributed by atoms with Gasteiger partial charge in [0.15, 0.2) is 11.5 Å². The highest BCUT2D eigenvalue weighted by Crippen LogP contribution is 2.37. The molecule has 0 unspecified atom stereocenters. The molecule has 1 aromatic rings. The van der Waals surface area contributed by atoms with Crippen molar-refractivity contribution in [3.8, 4) is 11.5 Å². The fourth-order valence-corrected chi connectivity index (χ4v) is 3.55. The minimum Gasteiger partial charge on any atom is -0.454 e. The molecule has 25 heavy (non-hydrogen) atoms. The second-order valence-corrected chi connectivity index (χ2v) is 7.05. The second kappa shape index (κ2) is 7.31. The molecule has 1 fully saturated rings. The predicted octanol–water partition coefficient (Wildman–Crippen LogP) is 1.09. The summed E-state index contributed by atoms with van der Waals surface area (Å²) in [5, 5.41) is 0. The summed E-state index contributed by atoms with van der Waals surface area (Å²) in [7, 11) is 0. The maximum absolute atomic E-state index is 12.3. The first-order valence-corrected chi connectivity index (χ1v) is 8.48. The van der Waals surface area contributed by atoms with Gasteiger partial charge in [-0.05, 0) is 42.4 Å². The molecule has 0 saturated carbocycles. The van der Waals surface area contributed by atoms with Crippen LogP contribution in [0.3, 0.4) is 0 Å². The lowest BCUT2D eigenvalue weighted by Crippen LogP contribution is -2.47. The van der Waals surface area contributed by atoms with Crippen LogP contribution in [0.25, 0.3) is 0 Å². The molecule has 2 amide bonds. The van der Waals surface area contributed by atoms with Gasteiger partial charge in [-0.15, -0.1) is 0 Å². The Hall–Kier alpha value is -2.28. The standard InChI is InChI=1S/C18H24N2O5/c1-18(8-13-3-4-14-15(7-13)25-12-24-14)5-2-6-20(11-18)17(22)10-23-9-16(19)21/h3-4,7H,2,5-6,8-12H2,1H3,(H2,19,21)/t18-/m0/s1. The van der Waals surface area contributed by atoms with Gasteiger partial charge in [-0.1, -0.05) is 13.0 Å². The van der Waals surface area contributed by atoms with E-state index in [0.29, 0.717) is 6.54 Å². The number of likely N-dealkylation sites (tertiary alicyclic amines) is 1. The Kier molecular flexibility index (Phi) is 5.13. The number of fused-ring (bicyclic) bond motifs is 1. The Bertz CT molecular complexity index is 663. The summed E-state index contributed by atoms with van der Waals surface area (Å²) in [6.07, 6.45) is 2.85. The van der Waals surface area contributed by atoms with E-state index in [4.69, 9.17) is 19.9 Å². The Morgan fingerprint density at radius 2 is 2.08 bits per heavy atom. The summed E-state index contributed by atoms with van der Waals surface area (Å²) in [5.74, 6) is 0.891. The van der Waals surface area contributed by atoms with Crippen LogP contribution in [-0.2, 0) is 20.7 Å². The Morgan fingerprint density at radius 1 is 1.28 bits per heavy atom. The fourth-order valence-electron chi connectivity index (χ4n) is 3.55. The number of ether oxygens (including phenoxy) is 3. The number of carbonyl (C=O) groups excluding carboxylic acids is 2. The average molecular weight is 348 g/mol. The predicted molar refractivity (Wildman–Crippen MR) is 90.2 cm³/mol. The molecule has 1 saturated heterocycles. The maximum atomic E-state index is 12.3. The number of hydrogen-bond donors (Lipinski definition) is 1. The van der Waals surface area contributed by atoms with Crippen molar-refractivity contribution >= 4 is 11.8 Å². The van der Waals surface area contributed by atoms with Crippen molar-refractivity contribution in [2.24, 2.45) is 11.1 Å². The van der Waals surface area contributed by atoms with Crippen LogP contribution in [-0.4, -0.2) is 49.8 Å². The zero-order valence-electron chi connectivity index (χ0n) is 14.5. The first-order valence-electron chi connectivity index (χ1n) is 8.48. The van der Waals surface area contributed by atoms with E-state index in [-0.39, 0.29) is 31.3 Å². The van der Waals surface area contributed by atoms with E-state index < -0.39 is 5.91 Å². The molecule has 7 nitrogen and oxygen atoms in total. The summed E-state index contributed by atoms with van der Waals surface area (Å²) in [4.78, 5) is 24.8. The molecule has 0 radical (unpaired) electrons. The first kappa shape index (κ1) is 17.5. The third-order valence-corrected chi connectivity index (χ3v) is 4.67. The van der Waals surface area contributed by atoms with Crippen molar-refractivity contribution in [3.63, 3.8) is 0 Å². The van der Waals surface area contributed by atoms with Crippen molar-refractivity contribution < 1.29 is 23.8 Å². The molecule has 3 rings (SSSR count). The van der Waals surface area contributed by atoms with Gasteiger partial charge in [-0.3, -0.25) is 9.59 Å². The summed E-state index contributed by atoms with van der Waals surface area (Å²) in [6.45, 7) is 3.51. The van der Waals surface area contributed by atoms with Crippen molar-refractivity contribution in [1.82, 2.24) is 4.90 Å². The molecule has 2 heterocycles. The number of primary amides is 1. The highest BCUT2D eigenvalue weighted by atomic mass is 16.7. The van der Waals surface area contributed by atoms with Crippen molar-refractivity contribution in [3.05, 3.63) is 23.8 Å². The highest BCUT2D eigenvalue weighted by molar-refractivity contribution is 5.79. The Balaban J connectivity index is 1.59. The summed E-state index contributed by atoms with van der Waals surface area (Å²) >= 11 is 0. The van der Waals surface area contributed by atoms with Crippen molar-refractivity contribution in [1.29, 1.82) is 0 Å². The molecule has 0 aliphatic carbocycles. The van der Waals surface area contributed by atoms with Gasteiger partial charge >= 0.3 is 0 Å². The topological polar surface area (TPSA) is 91.1 Å². The lowest BCUT2D eigenvalue weighted by atomic mass is 9.77. The van der Waals surface area contributed by atoms with Gasteiger partial charge in [0.2, 0.25) is 18.6 Å². The summed E-state index contributed by atoms with van der Waals surface area (Å²) in [5.41, 5.74) is 6.18. The molecule has 0 spiro atoms. The maximum Gasteiger partial charge on any atom is 0.248 e. The quantitative estimate of drug-likeness (QED) is 0.831. The van der Waals surface area contributed by atoms with E-state index in [9.17, 15) is 9.59 Å². The van der Waals surface area contributed by atoms with Gasteiger partial charge in [0.05, 0.1) is 0 Å². The molecular formula is C18H24N2O5. The number of nitrogens with zero attached hydrogens (tertiary/aromatic N) is 1. The van der Waals surface area contributed by atoms with Crippen LogP contribution in [0, 0.1) is 5.41 Å². The van der Waals surface area contributed by atoms with Crippen LogP contribution in [0.1, 0.15) is 25.3 Å². The normalized spacial score (nSPS) is 22.0.